The van der Waals surface area contributed by atoms with Crippen molar-refractivity contribution in [1.29, 1.82) is 0 Å². The Kier molecular flexibility index (Phi) is 5.35. The van der Waals surface area contributed by atoms with Crippen molar-refractivity contribution in [3.05, 3.63) is 55.1 Å². The van der Waals surface area contributed by atoms with Gasteiger partial charge in [0.1, 0.15) is 11.0 Å². The molecule has 1 heterocycles. The van der Waals surface area contributed by atoms with Crippen molar-refractivity contribution in [2.45, 2.75) is 26.9 Å². The predicted molar refractivity (Wildman–Crippen MR) is 89.2 cm³/mol. The van der Waals surface area contributed by atoms with Crippen molar-refractivity contribution in [2.24, 2.45) is 0 Å². The number of ether oxygens (including phenoxy) is 1. The first-order chi connectivity index (χ1) is 9.49. The number of aryl methyl sites for hydroxylation is 2. The second-order valence-electron chi connectivity index (χ2n) is 4.80. The lowest BCUT2D eigenvalue weighted by Gasteiger charge is -2.09. The number of nitrogens with zero attached hydrogens (tertiary/aromatic N) is 2. The Balaban J connectivity index is 2.33. The van der Waals surface area contributed by atoms with Crippen LogP contribution in [0.1, 0.15) is 28.2 Å². The van der Waals surface area contributed by atoms with Crippen molar-refractivity contribution in [3.63, 3.8) is 0 Å². The van der Waals surface area contributed by atoms with Crippen LogP contribution in [0.3, 0.4) is 0 Å². The van der Waals surface area contributed by atoms with E-state index >= 15 is 0 Å². The van der Waals surface area contributed by atoms with Gasteiger partial charge in [0.05, 0.1) is 15.9 Å². The first-order valence-electron chi connectivity index (χ1n) is 6.26. The molecule has 3 nitrogen and oxygen atoms in total. The summed E-state index contributed by atoms with van der Waals surface area (Å²) in [6.07, 6.45) is 0.676. The van der Waals surface area contributed by atoms with E-state index in [-0.39, 0.29) is 0 Å². The van der Waals surface area contributed by atoms with Gasteiger partial charge in [-0.25, -0.2) is 9.97 Å². The topological polar surface area (TPSA) is 35.0 Å². The summed E-state index contributed by atoms with van der Waals surface area (Å²) in [4.78, 5) is 8.91. The molecule has 0 aliphatic heterocycles. The van der Waals surface area contributed by atoms with Crippen molar-refractivity contribution in [3.8, 4) is 0 Å². The Morgan fingerprint density at radius 3 is 2.40 bits per heavy atom. The van der Waals surface area contributed by atoms with E-state index in [1.807, 2.05) is 0 Å². The zero-order valence-corrected chi connectivity index (χ0v) is 14.6. The number of rotatable bonds is 4. The maximum Gasteiger partial charge on any atom is 0.146 e. The van der Waals surface area contributed by atoms with Gasteiger partial charge < -0.3 is 4.74 Å². The molecule has 0 spiro atoms. The molecule has 0 saturated heterocycles. The summed E-state index contributed by atoms with van der Waals surface area (Å²) in [5.74, 6) is 0.729. The van der Waals surface area contributed by atoms with Gasteiger partial charge in [-0.2, -0.15) is 0 Å². The van der Waals surface area contributed by atoms with E-state index in [0.717, 1.165) is 15.1 Å². The molecule has 2 aromatic rings. The summed E-state index contributed by atoms with van der Waals surface area (Å²) in [5, 5.41) is 0.493. The lowest BCUT2D eigenvalue weighted by atomic mass is 10.0. The molecule has 106 valence electrons. The Labute approximate surface area is 137 Å². The summed E-state index contributed by atoms with van der Waals surface area (Å²) in [6.45, 7) is 4.63. The number of halogens is 2. The minimum atomic E-state index is 0.445. The first kappa shape index (κ1) is 15.7. The molecule has 1 aromatic carbocycles. The smallest absolute Gasteiger partial charge is 0.146 e. The highest BCUT2D eigenvalue weighted by atomic mass is 127. The van der Waals surface area contributed by atoms with E-state index < -0.39 is 0 Å². The van der Waals surface area contributed by atoms with E-state index in [2.05, 4.69) is 64.6 Å². The Morgan fingerprint density at radius 1 is 1.15 bits per heavy atom. The fraction of sp³-hybridized carbons (Fsp3) is 0.333. The lowest BCUT2D eigenvalue weighted by molar-refractivity contribution is 0.180. The van der Waals surface area contributed by atoms with Gasteiger partial charge >= 0.3 is 0 Å². The molecule has 0 fully saturated rings. The van der Waals surface area contributed by atoms with Crippen molar-refractivity contribution in [1.82, 2.24) is 9.97 Å². The minimum absolute atomic E-state index is 0.445. The molecule has 0 amide bonds. The van der Waals surface area contributed by atoms with E-state index in [1.165, 1.54) is 16.7 Å². The molecule has 0 N–H and O–H groups in total. The monoisotopic (exact) mass is 402 g/mol. The highest BCUT2D eigenvalue weighted by Crippen LogP contribution is 2.21. The molecule has 5 heteroatoms. The second kappa shape index (κ2) is 6.83. The number of benzene rings is 1. The highest BCUT2D eigenvalue weighted by molar-refractivity contribution is 14.1. The average molecular weight is 403 g/mol. The van der Waals surface area contributed by atoms with E-state index in [0.29, 0.717) is 18.2 Å². The zero-order valence-electron chi connectivity index (χ0n) is 11.7. The van der Waals surface area contributed by atoms with Crippen molar-refractivity contribution >= 4 is 34.2 Å². The number of methoxy groups -OCH3 is 1. The van der Waals surface area contributed by atoms with Crippen LogP contribution in [0.5, 0.6) is 0 Å². The number of hydrogen-bond acceptors (Lipinski definition) is 3. The maximum atomic E-state index is 6.17. The number of aromatic nitrogens is 2. The molecule has 0 atom stereocenters. The second-order valence-corrected chi connectivity index (χ2v) is 6.23. The number of hydrogen-bond donors (Lipinski definition) is 0. The third-order valence-electron chi connectivity index (χ3n) is 2.85. The van der Waals surface area contributed by atoms with Crippen molar-refractivity contribution in [2.75, 3.05) is 7.11 Å². The van der Waals surface area contributed by atoms with Gasteiger partial charge in [0.25, 0.3) is 0 Å². The Morgan fingerprint density at radius 2 is 1.80 bits per heavy atom. The van der Waals surface area contributed by atoms with E-state index in [9.17, 15) is 0 Å². The third-order valence-corrected chi connectivity index (χ3v) is 4.58. The van der Waals surface area contributed by atoms with Crippen molar-refractivity contribution < 1.29 is 4.74 Å². The van der Waals surface area contributed by atoms with Gasteiger partial charge in [-0.15, -0.1) is 0 Å². The predicted octanol–water partition coefficient (Wildman–Crippen LogP) is 4.09. The lowest BCUT2D eigenvalue weighted by Crippen LogP contribution is -2.05. The quantitative estimate of drug-likeness (QED) is 0.571. The Hall–Kier alpha value is -0.720. The fourth-order valence-electron chi connectivity index (χ4n) is 2.18. The van der Waals surface area contributed by atoms with E-state index in [1.54, 1.807) is 7.11 Å². The highest BCUT2D eigenvalue weighted by Gasteiger charge is 2.11. The van der Waals surface area contributed by atoms with Crippen LogP contribution in [-0.4, -0.2) is 17.1 Å². The normalized spacial score (nSPS) is 10.8. The molecule has 1 aromatic heterocycles. The summed E-state index contributed by atoms with van der Waals surface area (Å²) >= 11 is 8.32. The molecular formula is C15H16ClIN2O. The van der Waals surface area contributed by atoms with Crippen LogP contribution < -0.4 is 0 Å². The van der Waals surface area contributed by atoms with E-state index in [4.69, 9.17) is 16.3 Å². The molecule has 2 rings (SSSR count). The SMILES string of the molecule is COCc1nc(Cc2cc(C)cc(C)c2)nc(Cl)c1I. The average Bonchev–Trinajstić information content (AvgIpc) is 2.34. The maximum absolute atomic E-state index is 6.17. The van der Waals surface area contributed by atoms with Gasteiger partial charge in [-0.3, -0.25) is 0 Å². The molecule has 0 aliphatic rings. The van der Waals surface area contributed by atoms with Gasteiger partial charge in [0, 0.05) is 13.5 Å². The molecule has 20 heavy (non-hydrogen) atoms. The van der Waals surface area contributed by atoms with Gasteiger partial charge in [-0.1, -0.05) is 40.9 Å². The van der Waals surface area contributed by atoms with Gasteiger partial charge in [0.15, 0.2) is 0 Å². The largest absolute Gasteiger partial charge is 0.378 e. The standard InChI is InChI=1S/C15H16ClIN2O/c1-9-4-10(2)6-11(5-9)7-13-18-12(8-20-3)14(17)15(16)19-13/h4-6H,7-8H2,1-3H3. The van der Waals surface area contributed by atoms with Crippen LogP contribution >= 0.6 is 34.2 Å². The summed E-state index contributed by atoms with van der Waals surface area (Å²) < 4.78 is 6.01. The summed E-state index contributed by atoms with van der Waals surface area (Å²) in [5.41, 5.74) is 4.53. The molecule has 0 radical (unpaired) electrons. The molecule has 0 unspecified atom stereocenters. The van der Waals surface area contributed by atoms with Crippen LogP contribution in [0.15, 0.2) is 18.2 Å². The fourth-order valence-corrected chi connectivity index (χ4v) is 2.78. The molecular weight excluding hydrogens is 387 g/mol. The third kappa shape index (κ3) is 3.90. The van der Waals surface area contributed by atoms with Crippen LogP contribution in [0.2, 0.25) is 5.15 Å². The van der Waals surface area contributed by atoms with Gasteiger partial charge in [0.2, 0.25) is 0 Å². The molecule has 0 aliphatic carbocycles. The summed E-state index contributed by atoms with van der Waals surface area (Å²) in [7, 11) is 1.65. The minimum Gasteiger partial charge on any atom is -0.378 e. The molecule has 0 bridgehead atoms. The molecule has 0 saturated carbocycles. The zero-order chi connectivity index (χ0) is 14.7. The van der Waals surface area contributed by atoms with Crippen LogP contribution in [0.4, 0.5) is 0 Å². The summed E-state index contributed by atoms with van der Waals surface area (Å²) in [6, 6.07) is 6.46. The van der Waals surface area contributed by atoms with Crippen LogP contribution in [0.25, 0.3) is 0 Å². The van der Waals surface area contributed by atoms with Gasteiger partial charge in [-0.05, 0) is 42.0 Å². The van der Waals surface area contributed by atoms with Crippen LogP contribution in [0, 0.1) is 17.4 Å². The Bertz CT molecular complexity index is 611. The first-order valence-corrected chi connectivity index (χ1v) is 7.72. The van der Waals surface area contributed by atoms with Crippen LogP contribution in [-0.2, 0) is 17.8 Å².